The van der Waals surface area contributed by atoms with Gasteiger partial charge in [0.1, 0.15) is 0 Å². The number of hydrogen-bond donors (Lipinski definition) is 1. The molecule has 6 nitrogen and oxygen atoms in total. The Morgan fingerprint density at radius 3 is 2.97 bits per heavy atom. The van der Waals surface area contributed by atoms with Gasteiger partial charge in [-0.05, 0) is 41.6 Å². The fourth-order valence-corrected chi connectivity index (χ4v) is 5.47. The number of carbonyl (C=O) groups excluding carboxylic acids is 1. The van der Waals surface area contributed by atoms with Crippen molar-refractivity contribution in [3.63, 3.8) is 0 Å². The van der Waals surface area contributed by atoms with Gasteiger partial charge in [0.2, 0.25) is 0 Å². The van der Waals surface area contributed by atoms with E-state index in [2.05, 4.69) is 24.4 Å². The Kier molecular flexibility index (Phi) is 3.92. The number of carbonyl (C=O) groups is 1. The average molecular weight is 432 g/mol. The van der Waals surface area contributed by atoms with Gasteiger partial charge in [-0.15, -0.1) is 11.3 Å². The summed E-state index contributed by atoms with van der Waals surface area (Å²) in [6.45, 7) is 2.10. The molecule has 0 bridgehead atoms. The van der Waals surface area contributed by atoms with E-state index < -0.39 is 5.72 Å². The number of hydrogen-bond acceptors (Lipinski definition) is 6. The van der Waals surface area contributed by atoms with Crippen LogP contribution in [0.5, 0.6) is 11.5 Å². The van der Waals surface area contributed by atoms with Gasteiger partial charge in [0, 0.05) is 12.0 Å². The van der Waals surface area contributed by atoms with Crippen LogP contribution in [0.15, 0.2) is 59.0 Å². The Morgan fingerprint density at radius 1 is 1.29 bits per heavy atom. The van der Waals surface area contributed by atoms with Crippen LogP contribution >= 0.6 is 11.3 Å². The highest BCUT2D eigenvalue weighted by atomic mass is 32.1. The lowest BCUT2D eigenvalue weighted by atomic mass is 9.92. The molecular weight excluding hydrogens is 410 g/mol. The number of amides is 1. The quantitative estimate of drug-likeness (QED) is 0.655. The molecular formula is C24H21N3O3S. The summed E-state index contributed by atoms with van der Waals surface area (Å²) < 4.78 is 12.2. The maximum absolute atomic E-state index is 13.6. The number of thiophene rings is 1. The van der Waals surface area contributed by atoms with Crippen LogP contribution in [0.1, 0.15) is 41.0 Å². The zero-order valence-electron chi connectivity index (χ0n) is 17.2. The monoisotopic (exact) mass is 431 g/mol. The highest BCUT2D eigenvalue weighted by Gasteiger charge is 2.61. The third kappa shape index (κ3) is 2.44. The van der Waals surface area contributed by atoms with Crippen molar-refractivity contribution in [1.82, 2.24) is 5.01 Å². The van der Waals surface area contributed by atoms with E-state index in [0.29, 0.717) is 17.9 Å². The normalized spacial score (nSPS) is 23.0. The first-order valence-electron chi connectivity index (χ1n) is 10.4. The lowest BCUT2D eigenvalue weighted by molar-refractivity contribution is -0.161. The molecule has 31 heavy (non-hydrogen) atoms. The number of benzene rings is 2. The highest BCUT2D eigenvalue weighted by Crippen LogP contribution is 2.56. The lowest BCUT2D eigenvalue weighted by Gasteiger charge is -2.44. The molecule has 3 aliphatic heterocycles. The molecule has 7 heteroatoms. The van der Waals surface area contributed by atoms with Gasteiger partial charge < -0.3 is 14.8 Å². The highest BCUT2D eigenvalue weighted by molar-refractivity contribution is 7.12. The molecule has 3 aromatic rings. The number of fused-ring (bicyclic) bond motifs is 6. The van der Waals surface area contributed by atoms with E-state index >= 15 is 0 Å². The van der Waals surface area contributed by atoms with Crippen LogP contribution in [0.2, 0.25) is 0 Å². The minimum absolute atomic E-state index is 0.127. The number of methoxy groups -OCH3 is 1. The molecule has 0 fully saturated rings. The van der Waals surface area contributed by atoms with Gasteiger partial charge in [-0.3, -0.25) is 4.79 Å². The largest absolute Gasteiger partial charge is 0.493 e. The van der Waals surface area contributed by atoms with Gasteiger partial charge in [-0.25, -0.2) is 5.01 Å². The second-order valence-corrected chi connectivity index (χ2v) is 8.85. The Balaban J connectivity index is 1.61. The van der Waals surface area contributed by atoms with Crippen LogP contribution in [-0.2, 0) is 16.9 Å². The van der Waals surface area contributed by atoms with E-state index in [1.165, 1.54) is 0 Å². The van der Waals surface area contributed by atoms with Crippen LogP contribution in [0.4, 0.5) is 5.69 Å². The van der Waals surface area contributed by atoms with Crippen molar-refractivity contribution >= 4 is 28.6 Å². The summed E-state index contributed by atoms with van der Waals surface area (Å²) >= 11 is 1.65. The number of para-hydroxylation sites is 1. The van der Waals surface area contributed by atoms with E-state index in [-0.39, 0.29) is 11.9 Å². The predicted octanol–water partition coefficient (Wildman–Crippen LogP) is 4.67. The molecule has 1 aromatic heterocycles. The van der Waals surface area contributed by atoms with Crippen molar-refractivity contribution in [3.05, 3.63) is 75.5 Å². The zero-order chi connectivity index (χ0) is 21.2. The minimum Gasteiger partial charge on any atom is -0.493 e. The van der Waals surface area contributed by atoms with E-state index in [1.807, 2.05) is 46.8 Å². The van der Waals surface area contributed by atoms with Gasteiger partial charge in [-0.1, -0.05) is 31.2 Å². The fourth-order valence-electron chi connectivity index (χ4n) is 4.75. The summed E-state index contributed by atoms with van der Waals surface area (Å²) in [5.41, 5.74) is 3.28. The van der Waals surface area contributed by atoms with Crippen molar-refractivity contribution in [2.75, 3.05) is 12.4 Å². The number of nitrogens with zero attached hydrogens (tertiary/aromatic N) is 2. The number of anilines is 1. The predicted molar refractivity (Wildman–Crippen MR) is 120 cm³/mol. The van der Waals surface area contributed by atoms with E-state index in [1.54, 1.807) is 18.4 Å². The van der Waals surface area contributed by atoms with Crippen molar-refractivity contribution in [1.29, 1.82) is 0 Å². The third-order valence-electron chi connectivity index (χ3n) is 6.29. The first kappa shape index (κ1) is 18.4. The molecule has 2 atom stereocenters. The summed E-state index contributed by atoms with van der Waals surface area (Å²) in [7, 11) is 1.62. The van der Waals surface area contributed by atoms with E-state index in [0.717, 1.165) is 39.4 Å². The van der Waals surface area contributed by atoms with Crippen LogP contribution in [0, 0.1) is 0 Å². The van der Waals surface area contributed by atoms with Crippen molar-refractivity contribution < 1.29 is 14.3 Å². The molecule has 2 unspecified atom stereocenters. The Morgan fingerprint density at radius 2 is 2.19 bits per heavy atom. The standard InChI is InChI=1S/C24H21N3O3S/c1-3-14-9-10-17-16(12-14)24(23(28)25-17)27-19(13-18(26-27)21-8-5-11-31-21)15-6-4-7-20(29-2)22(15)30-24/h4-12,19H,3,13H2,1-2H3,(H,25,28). The zero-order valence-corrected chi connectivity index (χ0v) is 18.0. The van der Waals surface area contributed by atoms with Crippen molar-refractivity contribution in [2.45, 2.75) is 31.5 Å². The average Bonchev–Trinajstić information content (AvgIpc) is 3.52. The Bertz CT molecular complexity index is 1240. The second-order valence-electron chi connectivity index (χ2n) is 7.90. The maximum Gasteiger partial charge on any atom is 0.306 e. The summed E-state index contributed by atoms with van der Waals surface area (Å²) in [5, 5.41) is 11.9. The van der Waals surface area contributed by atoms with Crippen LogP contribution in [-0.4, -0.2) is 23.7 Å². The number of aryl methyl sites for hydroxylation is 1. The van der Waals surface area contributed by atoms with Crippen LogP contribution < -0.4 is 14.8 Å². The maximum atomic E-state index is 13.6. The first-order chi connectivity index (χ1) is 15.2. The molecule has 0 saturated heterocycles. The van der Waals surface area contributed by atoms with Gasteiger partial charge in [-0.2, -0.15) is 5.10 Å². The summed E-state index contributed by atoms with van der Waals surface area (Å²) in [6.07, 6.45) is 1.56. The van der Waals surface area contributed by atoms with Gasteiger partial charge in [0.25, 0.3) is 5.91 Å². The summed E-state index contributed by atoms with van der Waals surface area (Å²) in [5.74, 6) is 1.00. The van der Waals surface area contributed by atoms with Crippen LogP contribution in [0.3, 0.4) is 0 Å². The number of ether oxygens (including phenoxy) is 2. The summed E-state index contributed by atoms with van der Waals surface area (Å²) in [4.78, 5) is 14.7. The summed E-state index contributed by atoms with van der Waals surface area (Å²) in [6, 6.07) is 15.9. The molecule has 6 rings (SSSR count). The lowest BCUT2D eigenvalue weighted by Crippen LogP contribution is -2.55. The van der Waals surface area contributed by atoms with E-state index in [4.69, 9.17) is 14.6 Å². The molecule has 0 radical (unpaired) electrons. The first-order valence-corrected chi connectivity index (χ1v) is 11.2. The Labute approximate surface area is 184 Å². The molecule has 4 heterocycles. The number of nitrogens with one attached hydrogen (secondary N) is 1. The molecule has 3 aliphatic rings. The molecule has 156 valence electrons. The van der Waals surface area contributed by atoms with Gasteiger partial charge in [0.05, 0.1) is 35.0 Å². The Hall–Kier alpha value is -3.32. The molecule has 1 spiro atoms. The fraction of sp³-hybridized carbons (Fsp3) is 0.250. The topological polar surface area (TPSA) is 63.2 Å². The van der Waals surface area contributed by atoms with E-state index in [9.17, 15) is 4.79 Å². The number of hydrazone groups is 1. The van der Waals surface area contributed by atoms with Gasteiger partial charge >= 0.3 is 5.72 Å². The minimum atomic E-state index is -1.37. The van der Waals surface area contributed by atoms with Crippen molar-refractivity contribution in [2.24, 2.45) is 5.10 Å². The van der Waals surface area contributed by atoms with Crippen molar-refractivity contribution in [3.8, 4) is 11.5 Å². The molecule has 1 N–H and O–H groups in total. The van der Waals surface area contributed by atoms with Crippen LogP contribution in [0.25, 0.3) is 0 Å². The molecule has 2 aromatic carbocycles. The van der Waals surface area contributed by atoms with Gasteiger partial charge in [0.15, 0.2) is 11.5 Å². The molecule has 1 amide bonds. The molecule has 0 aliphatic carbocycles. The SMILES string of the molecule is CCc1ccc2c(c1)C1(Oc3c(OC)cccc3C3CC(c4cccs4)=NN31)C(=O)N2. The number of rotatable bonds is 3. The smallest absolute Gasteiger partial charge is 0.306 e. The third-order valence-corrected chi connectivity index (χ3v) is 7.21. The molecule has 0 saturated carbocycles. The second kappa shape index (κ2) is 6.59.